The number of nitro groups is 1. The minimum absolute atomic E-state index is 0.278. The number of hydrogen-bond acceptors (Lipinski definition) is 5. The molecule has 66 valence electrons. The third-order valence-electron chi connectivity index (χ3n) is 1.39. The number of nitrogens with one attached hydrogen (secondary N) is 1. The third-order valence-corrected chi connectivity index (χ3v) is 2.53. The van der Waals surface area contributed by atoms with Gasteiger partial charge in [0.25, 0.3) is 0 Å². The summed E-state index contributed by atoms with van der Waals surface area (Å²) in [4.78, 5) is 19.9. The van der Waals surface area contributed by atoms with Crippen LogP contribution in [0.25, 0.3) is 0 Å². The second-order valence-corrected chi connectivity index (χ2v) is 3.32. The maximum Gasteiger partial charge on any atom is 0.338 e. The van der Waals surface area contributed by atoms with Crippen molar-refractivity contribution in [1.29, 1.82) is 0 Å². The lowest BCUT2D eigenvalue weighted by Gasteiger charge is -2.14. The second-order valence-electron chi connectivity index (χ2n) is 2.22. The fraction of sp³-hybridized carbons (Fsp3) is 0.500. The molecular formula is C6H8N2O3S. The first-order chi connectivity index (χ1) is 5.75. The number of carbonyl (C=O) groups is 1. The van der Waals surface area contributed by atoms with Gasteiger partial charge in [-0.05, 0) is 6.42 Å². The van der Waals surface area contributed by atoms with E-state index in [0.717, 1.165) is 12.2 Å². The molecule has 0 aliphatic carbocycles. The van der Waals surface area contributed by atoms with Crippen molar-refractivity contribution < 1.29 is 9.72 Å². The summed E-state index contributed by atoms with van der Waals surface area (Å²) in [6, 6.07) is 0. The first-order valence-corrected chi connectivity index (χ1v) is 4.45. The smallest absolute Gasteiger partial charge is 0.338 e. The quantitative estimate of drug-likeness (QED) is 0.293. The number of allylic oxidation sites excluding steroid dienone is 1. The minimum Gasteiger partial charge on any atom is -0.374 e. The van der Waals surface area contributed by atoms with Gasteiger partial charge in [-0.15, -0.1) is 11.8 Å². The highest BCUT2D eigenvalue weighted by atomic mass is 32.2. The van der Waals surface area contributed by atoms with Crippen molar-refractivity contribution in [2.45, 2.75) is 6.42 Å². The van der Waals surface area contributed by atoms with Crippen molar-refractivity contribution in [2.24, 2.45) is 0 Å². The molecule has 1 N–H and O–H groups in total. The summed E-state index contributed by atoms with van der Waals surface area (Å²) >= 11 is 1.32. The van der Waals surface area contributed by atoms with Crippen molar-refractivity contribution in [3.63, 3.8) is 0 Å². The Balaban J connectivity index is 2.82. The Labute approximate surface area is 73.4 Å². The lowest BCUT2D eigenvalue weighted by Crippen LogP contribution is -2.22. The summed E-state index contributed by atoms with van der Waals surface area (Å²) in [5.74, 6) is 0.827. The first kappa shape index (κ1) is 9.05. The van der Waals surface area contributed by atoms with Gasteiger partial charge in [0.15, 0.2) is 5.03 Å². The molecule has 1 fully saturated rings. The third kappa shape index (κ3) is 1.97. The molecule has 1 rings (SSSR count). The highest BCUT2D eigenvalue weighted by molar-refractivity contribution is 8.03. The standard InChI is InChI=1S/C6H8N2O3S/c9-4-5(8(10)11)6-7-2-1-3-12-6/h4,7H,1-3H2/b6-5-. The van der Waals surface area contributed by atoms with Crippen LogP contribution < -0.4 is 5.32 Å². The summed E-state index contributed by atoms with van der Waals surface area (Å²) in [7, 11) is 0. The van der Waals surface area contributed by atoms with Crippen molar-refractivity contribution in [3.05, 3.63) is 20.8 Å². The Bertz CT molecular complexity index is 231. The number of aldehydes is 1. The lowest BCUT2D eigenvalue weighted by molar-refractivity contribution is -0.418. The molecule has 0 amide bonds. The van der Waals surface area contributed by atoms with Crippen LogP contribution in [0.2, 0.25) is 0 Å². The Hall–Kier alpha value is -1.04. The predicted molar refractivity (Wildman–Crippen MR) is 45.2 cm³/mol. The summed E-state index contributed by atoms with van der Waals surface area (Å²) in [5.41, 5.74) is -0.361. The van der Waals surface area contributed by atoms with Crippen LogP contribution in [0.4, 0.5) is 0 Å². The molecule has 0 unspecified atom stereocenters. The average molecular weight is 188 g/mol. The predicted octanol–water partition coefficient (Wildman–Crippen LogP) is 0.358. The van der Waals surface area contributed by atoms with Gasteiger partial charge in [-0.3, -0.25) is 14.9 Å². The van der Waals surface area contributed by atoms with E-state index in [1.165, 1.54) is 11.8 Å². The highest BCUT2D eigenvalue weighted by Crippen LogP contribution is 2.20. The number of carbonyl (C=O) groups excluding carboxylic acids is 1. The molecule has 12 heavy (non-hydrogen) atoms. The molecule has 1 aliphatic rings. The fourth-order valence-corrected chi connectivity index (χ4v) is 1.81. The summed E-state index contributed by atoms with van der Waals surface area (Å²) in [5, 5.41) is 13.5. The van der Waals surface area contributed by atoms with E-state index in [4.69, 9.17) is 0 Å². The average Bonchev–Trinajstić information content (AvgIpc) is 2.07. The van der Waals surface area contributed by atoms with Crippen LogP contribution in [0.1, 0.15) is 6.42 Å². The molecule has 0 saturated carbocycles. The molecule has 1 aliphatic heterocycles. The van der Waals surface area contributed by atoms with Gasteiger partial charge in [0.05, 0.1) is 4.92 Å². The van der Waals surface area contributed by atoms with Crippen molar-refractivity contribution in [2.75, 3.05) is 12.3 Å². The van der Waals surface area contributed by atoms with E-state index >= 15 is 0 Å². The zero-order chi connectivity index (χ0) is 8.97. The van der Waals surface area contributed by atoms with Gasteiger partial charge in [0.1, 0.15) is 0 Å². The van der Waals surface area contributed by atoms with Crippen LogP contribution >= 0.6 is 11.8 Å². The zero-order valence-electron chi connectivity index (χ0n) is 6.28. The molecule has 0 spiro atoms. The van der Waals surface area contributed by atoms with Crippen molar-refractivity contribution in [1.82, 2.24) is 5.32 Å². The van der Waals surface area contributed by atoms with E-state index in [0.29, 0.717) is 11.6 Å². The molecule has 0 aromatic rings. The van der Waals surface area contributed by atoms with Gasteiger partial charge >= 0.3 is 5.70 Å². The normalized spacial score (nSPS) is 21.0. The fourth-order valence-electron chi connectivity index (χ4n) is 0.843. The lowest BCUT2D eigenvalue weighted by atomic mass is 10.4. The maximum absolute atomic E-state index is 10.3. The summed E-state index contributed by atoms with van der Waals surface area (Å²) in [6.07, 6.45) is 1.25. The van der Waals surface area contributed by atoms with E-state index in [2.05, 4.69) is 5.32 Å². The molecule has 0 aromatic heterocycles. The Morgan fingerprint density at radius 3 is 2.92 bits per heavy atom. The molecule has 6 heteroatoms. The Morgan fingerprint density at radius 2 is 2.50 bits per heavy atom. The van der Waals surface area contributed by atoms with Gasteiger partial charge in [-0.2, -0.15) is 0 Å². The van der Waals surface area contributed by atoms with E-state index in [9.17, 15) is 14.9 Å². The number of thioether (sulfide) groups is 1. The van der Waals surface area contributed by atoms with Gasteiger partial charge in [-0.1, -0.05) is 0 Å². The van der Waals surface area contributed by atoms with Gasteiger partial charge < -0.3 is 5.32 Å². The molecule has 0 radical (unpaired) electrons. The molecule has 1 heterocycles. The molecule has 0 aromatic carbocycles. The van der Waals surface area contributed by atoms with Gasteiger partial charge in [0.2, 0.25) is 6.29 Å². The summed E-state index contributed by atoms with van der Waals surface area (Å²) in [6.45, 7) is 0.702. The number of rotatable bonds is 2. The van der Waals surface area contributed by atoms with Gasteiger partial charge in [0, 0.05) is 12.3 Å². The van der Waals surface area contributed by atoms with E-state index in [-0.39, 0.29) is 12.0 Å². The Kier molecular flexibility index (Phi) is 3.09. The zero-order valence-corrected chi connectivity index (χ0v) is 7.10. The second kappa shape index (κ2) is 4.10. The molecule has 5 nitrogen and oxygen atoms in total. The minimum atomic E-state index is -0.659. The molecule has 1 saturated heterocycles. The van der Waals surface area contributed by atoms with Crippen LogP contribution in [0, 0.1) is 10.1 Å². The SMILES string of the molecule is O=C/C(=C1\NCCCS1)[N+](=O)[O-]. The number of hydrogen-bond donors (Lipinski definition) is 1. The van der Waals surface area contributed by atoms with Crippen LogP contribution in [-0.2, 0) is 4.79 Å². The van der Waals surface area contributed by atoms with E-state index in [1.54, 1.807) is 0 Å². The largest absolute Gasteiger partial charge is 0.374 e. The highest BCUT2D eigenvalue weighted by Gasteiger charge is 2.19. The van der Waals surface area contributed by atoms with Crippen molar-refractivity contribution in [3.8, 4) is 0 Å². The number of nitrogens with zero attached hydrogens (tertiary/aromatic N) is 1. The monoisotopic (exact) mass is 188 g/mol. The van der Waals surface area contributed by atoms with E-state index < -0.39 is 4.92 Å². The van der Waals surface area contributed by atoms with Crippen LogP contribution in [0.5, 0.6) is 0 Å². The van der Waals surface area contributed by atoms with Crippen LogP contribution in [0.3, 0.4) is 0 Å². The van der Waals surface area contributed by atoms with E-state index in [1.807, 2.05) is 0 Å². The molecule has 0 atom stereocenters. The Morgan fingerprint density at radius 1 is 1.75 bits per heavy atom. The topological polar surface area (TPSA) is 72.2 Å². The van der Waals surface area contributed by atoms with Crippen LogP contribution in [-0.4, -0.2) is 23.5 Å². The summed E-state index contributed by atoms with van der Waals surface area (Å²) < 4.78 is 0. The maximum atomic E-state index is 10.3. The van der Waals surface area contributed by atoms with Crippen LogP contribution in [0.15, 0.2) is 10.7 Å². The van der Waals surface area contributed by atoms with Gasteiger partial charge in [-0.25, -0.2) is 0 Å². The molecular weight excluding hydrogens is 180 g/mol. The molecule has 0 bridgehead atoms. The first-order valence-electron chi connectivity index (χ1n) is 3.46. The van der Waals surface area contributed by atoms with Crippen molar-refractivity contribution >= 4 is 18.0 Å².